The molecule has 60 valence electrons. The Morgan fingerprint density at radius 2 is 2.18 bits per heavy atom. The molecule has 1 atom stereocenters. The van der Waals surface area contributed by atoms with Gasteiger partial charge in [0.15, 0.2) is 5.78 Å². The summed E-state index contributed by atoms with van der Waals surface area (Å²) in [7, 11) is 3.09. The quantitative estimate of drug-likeness (QED) is 0.586. The molecule has 3 heteroatoms. The summed E-state index contributed by atoms with van der Waals surface area (Å²) in [4.78, 5) is 10.8. The van der Waals surface area contributed by atoms with E-state index < -0.39 is 0 Å². The largest absolute Gasteiger partial charge is 0.498 e. The highest BCUT2D eigenvalue weighted by molar-refractivity contribution is 6.00. The Balaban J connectivity index is 2.77. The van der Waals surface area contributed by atoms with Crippen molar-refractivity contribution >= 4 is 5.78 Å². The number of ether oxygens (including phenoxy) is 2. The summed E-state index contributed by atoms with van der Waals surface area (Å²) in [5.41, 5.74) is 0. The van der Waals surface area contributed by atoms with Crippen LogP contribution < -0.4 is 0 Å². The zero-order valence-corrected chi connectivity index (χ0v) is 6.53. The van der Waals surface area contributed by atoms with E-state index in [0.29, 0.717) is 5.76 Å². The van der Waals surface area contributed by atoms with Gasteiger partial charge in [-0.05, 0) is 12.2 Å². The molecule has 1 aliphatic carbocycles. The number of hydrogen-bond donors (Lipinski definition) is 0. The van der Waals surface area contributed by atoms with E-state index >= 15 is 0 Å². The SMILES string of the molecule is COC1=CC(=O)C=CC1OC. The fourth-order valence-electron chi connectivity index (χ4n) is 0.917. The first-order chi connectivity index (χ1) is 5.27. The lowest BCUT2D eigenvalue weighted by Crippen LogP contribution is -2.17. The van der Waals surface area contributed by atoms with Crippen LogP contribution in [0.1, 0.15) is 0 Å². The second kappa shape index (κ2) is 3.34. The van der Waals surface area contributed by atoms with Crippen LogP contribution in [0.2, 0.25) is 0 Å². The van der Waals surface area contributed by atoms with E-state index in [1.165, 1.54) is 19.3 Å². The molecule has 0 saturated heterocycles. The standard InChI is InChI=1S/C8H10O3/c1-10-7-4-3-6(9)5-8(7)11-2/h3-5,7H,1-2H3. The monoisotopic (exact) mass is 154 g/mol. The second-order valence-electron chi connectivity index (χ2n) is 2.17. The van der Waals surface area contributed by atoms with Crippen LogP contribution in [-0.2, 0) is 14.3 Å². The molecule has 0 heterocycles. The zero-order valence-electron chi connectivity index (χ0n) is 6.53. The van der Waals surface area contributed by atoms with Crippen LogP contribution in [0.5, 0.6) is 0 Å². The Labute approximate surface area is 65.3 Å². The summed E-state index contributed by atoms with van der Waals surface area (Å²) >= 11 is 0. The van der Waals surface area contributed by atoms with Gasteiger partial charge < -0.3 is 9.47 Å². The molecule has 0 aromatic rings. The maximum absolute atomic E-state index is 10.8. The first-order valence-corrected chi connectivity index (χ1v) is 3.28. The molecule has 0 aromatic carbocycles. The average Bonchev–Trinajstić information content (AvgIpc) is 2.04. The van der Waals surface area contributed by atoms with E-state index in [1.54, 1.807) is 13.2 Å². The minimum absolute atomic E-state index is 0.0600. The Bertz CT molecular complexity index is 215. The molecular formula is C8H10O3. The molecule has 0 radical (unpaired) electrons. The van der Waals surface area contributed by atoms with Crippen molar-refractivity contribution < 1.29 is 14.3 Å². The number of ketones is 1. The second-order valence-corrected chi connectivity index (χ2v) is 2.17. The highest BCUT2D eigenvalue weighted by Crippen LogP contribution is 2.12. The third-order valence-electron chi connectivity index (χ3n) is 1.49. The van der Waals surface area contributed by atoms with Gasteiger partial charge in [-0.25, -0.2) is 0 Å². The molecule has 0 amide bonds. The van der Waals surface area contributed by atoms with Gasteiger partial charge >= 0.3 is 0 Å². The zero-order chi connectivity index (χ0) is 8.27. The van der Waals surface area contributed by atoms with Gasteiger partial charge in [-0.1, -0.05) is 0 Å². The summed E-state index contributed by atoms with van der Waals surface area (Å²) < 4.78 is 9.94. The smallest absolute Gasteiger partial charge is 0.181 e. The third-order valence-corrected chi connectivity index (χ3v) is 1.49. The first-order valence-electron chi connectivity index (χ1n) is 3.28. The molecule has 0 fully saturated rings. The maximum atomic E-state index is 10.8. The summed E-state index contributed by atoms with van der Waals surface area (Å²) in [6.45, 7) is 0. The van der Waals surface area contributed by atoms with Crippen LogP contribution in [0, 0.1) is 0 Å². The number of allylic oxidation sites excluding steroid dienone is 2. The van der Waals surface area contributed by atoms with E-state index in [2.05, 4.69) is 0 Å². The van der Waals surface area contributed by atoms with Gasteiger partial charge in [0.1, 0.15) is 11.9 Å². The highest BCUT2D eigenvalue weighted by atomic mass is 16.5. The van der Waals surface area contributed by atoms with Crippen molar-refractivity contribution in [1.29, 1.82) is 0 Å². The highest BCUT2D eigenvalue weighted by Gasteiger charge is 2.15. The van der Waals surface area contributed by atoms with Crippen LogP contribution >= 0.6 is 0 Å². The third kappa shape index (κ3) is 1.68. The Morgan fingerprint density at radius 3 is 2.73 bits per heavy atom. The number of carbonyl (C=O) groups is 1. The van der Waals surface area contributed by atoms with Gasteiger partial charge in [0, 0.05) is 13.2 Å². The summed E-state index contributed by atoms with van der Waals surface area (Å²) in [5.74, 6) is 0.496. The summed E-state index contributed by atoms with van der Waals surface area (Å²) in [5, 5.41) is 0. The van der Waals surface area contributed by atoms with Crippen LogP contribution in [-0.4, -0.2) is 26.1 Å². The molecule has 0 N–H and O–H groups in total. The molecular weight excluding hydrogens is 144 g/mol. The van der Waals surface area contributed by atoms with Crippen molar-refractivity contribution in [3.63, 3.8) is 0 Å². The molecule has 0 aromatic heterocycles. The van der Waals surface area contributed by atoms with Crippen molar-refractivity contribution in [3.05, 3.63) is 24.0 Å². The Morgan fingerprint density at radius 1 is 1.45 bits per heavy atom. The Kier molecular flexibility index (Phi) is 2.44. The number of hydrogen-bond acceptors (Lipinski definition) is 3. The van der Waals surface area contributed by atoms with Gasteiger partial charge in [0.25, 0.3) is 0 Å². The van der Waals surface area contributed by atoms with Crippen LogP contribution in [0.15, 0.2) is 24.0 Å². The van der Waals surface area contributed by atoms with E-state index in [9.17, 15) is 4.79 Å². The van der Waals surface area contributed by atoms with E-state index in [-0.39, 0.29) is 11.9 Å². The van der Waals surface area contributed by atoms with Crippen molar-refractivity contribution in [2.45, 2.75) is 6.10 Å². The lowest BCUT2D eigenvalue weighted by molar-refractivity contribution is -0.111. The van der Waals surface area contributed by atoms with E-state index in [4.69, 9.17) is 9.47 Å². The summed E-state index contributed by atoms with van der Waals surface area (Å²) in [6.07, 6.45) is 4.35. The summed E-state index contributed by atoms with van der Waals surface area (Å²) in [6, 6.07) is 0. The predicted octanol–water partition coefficient (Wildman–Crippen LogP) is 0.671. The fraction of sp³-hybridized carbons (Fsp3) is 0.375. The molecule has 1 unspecified atom stereocenters. The average molecular weight is 154 g/mol. The van der Waals surface area contributed by atoms with Gasteiger partial charge in [0.2, 0.25) is 0 Å². The molecule has 11 heavy (non-hydrogen) atoms. The topological polar surface area (TPSA) is 35.5 Å². The minimum atomic E-state index is -0.210. The maximum Gasteiger partial charge on any atom is 0.181 e. The predicted molar refractivity (Wildman–Crippen MR) is 40.0 cm³/mol. The van der Waals surface area contributed by atoms with Crippen LogP contribution in [0.3, 0.4) is 0 Å². The molecule has 1 rings (SSSR count). The molecule has 0 saturated carbocycles. The Hall–Kier alpha value is -1.09. The van der Waals surface area contributed by atoms with Crippen molar-refractivity contribution in [2.75, 3.05) is 14.2 Å². The molecule has 0 aliphatic heterocycles. The molecule has 3 nitrogen and oxygen atoms in total. The lowest BCUT2D eigenvalue weighted by atomic mass is 10.1. The van der Waals surface area contributed by atoms with Crippen molar-refractivity contribution in [2.24, 2.45) is 0 Å². The molecule has 0 bridgehead atoms. The lowest BCUT2D eigenvalue weighted by Gasteiger charge is -2.15. The van der Waals surface area contributed by atoms with Crippen molar-refractivity contribution in [3.8, 4) is 0 Å². The van der Waals surface area contributed by atoms with E-state index in [1.807, 2.05) is 0 Å². The molecule has 1 aliphatic rings. The van der Waals surface area contributed by atoms with Gasteiger partial charge in [-0.3, -0.25) is 4.79 Å². The van der Waals surface area contributed by atoms with Crippen molar-refractivity contribution in [1.82, 2.24) is 0 Å². The minimum Gasteiger partial charge on any atom is -0.498 e. The van der Waals surface area contributed by atoms with Crippen LogP contribution in [0.4, 0.5) is 0 Å². The van der Waals surface area contributed by atoms with Gasteiger partial charge in [0.05, 0.1) is 7.11 Å². The molecule has 0 spiro atoms. The van der Waals surface area contributed by atoms with Gasteiger partial charge in [-0.2, -0.15) is 0 Å². The normalized spacial score (nSPS) is 23.3. The number of methoxy groups -OCH3 is 2. The van der Waals surface area contributed by atoms with E-state index in [0.717, 1.165) is 0 Å². The fourth-order valence-corrected chi connectivity index (χ4v) is 0.917. The first kappa shape index (κ1) is 8.01. The van der Waals surface area contributed by atoms with Gasteiger partial charge in [-0.15, -0.1) is 0 Å². The number of rotatable bonds is 2. The number of carbonyl (C=O) groups excluding carboxylic acids is 1. The van der Waals surface area contributed by atoms with Crippen LogP contribution in [0.25, 0.3) is 0 Å².